The number of aromatic nitrogens is 4. The van der Waals surface area contributed by atoms with E-state index in [-0.39, 0.29) is 36.1 Å². The summed E-state index contributed by atoms with van der Waals surface area (Å²) >= 11 is 0. The van der Waals surface area contributed by atoms with Crippen LogP contribution in [0.25, 0.3) is 16.6 Å². The molecule has 0 aliphatic carbocycles. The lowest BCUT2D eigenvalue weighted by Crippen LogP contribution is -2.45. The van der Waals surface area contributed by atoms with Crippen molar-refractivity contribution in [3.05, 3.63) is 101 Å². The van der Waals surface area contributed by atoms with Crippen molar-refractivity contribution in [2.75, 3.05) is 44.6 Å². The number of aliphatic hydroxyl groups is 1. The van der Waals surface area contributed by atoms with E-state index in [4.69, 9.17) is 4.74 Å². The van der Waals surface area contributed by atoms with E-state index < -0.39 is 29.6 Å². The number of nitrogens with one attached hydrogen (secondary N) is 1. The zero-order valence-corrected chi connectivity index (χ0v) is 29.6. The predicted molar refractivity (Wildman–Crippen MR) is 190 cm³/mol. The molecule has 15 heteroatoms. The summed E-state index contributed by atoms with van der Waals surface area (Å²) < 4.78 is 65.7. The molecule has 2 amide bonds. The number of likely N-dealkylation sites (N-methyl/N-ethyl adjacent to an activating group) is 1. The van der Waals surface area contributed by atoms with Crippen molar-refractivity contribution < 1.29 is 32.2 Å². The zero-order chi connectivity index (χ0) is 37.4. The van der Waals surface area contributed by atoms with E-state index >= 15 is 4.39 Å². The molecule has 278 valence electrons. The maximum absolute atomic E-state index is 15.3. The Balaban J connectivity index is 1.10. The summed E-state index contributed by atoms with van der Waals surface area (Å²) in [4.78, 5) is 19.6. The van der Waals surface area contributed by atoms with Crippen molar-refractivity contribution >= 4 is 17.2 Å². The number of aliphatic hydroxyl groups excluding tert-OH is 1. The number of ether oxygens (including phenoxy) is 1. The Morgan fingerprint density at radius 3 is 2.49 bits per heavy atom. The summed E-state index contributed by atoms with van der Waals surface area (Å²) in [5, 5.41) is 24.1. The number of hydrogen-bond acceptors (Lipinski definition) is 8. The van der Waals surface area contributed by atoms with Crippen LogP contribution in [0.1, 0.15) is 60.7 Å². The van der Waals surface area contributed by atoms with Gasteiger partial charge in [0, 0.05) is 62.3 Å². The van der Waals surface area contributed by atoms with Crippen LogP contribution < -0.4 is 10.1 Å². The van der Waals surface area contributed by atoms with Crippen LogP contribution in [0.4, 0.5) is 28.0 Å². The highest BCUT2D eigenvalue weighted by atomic mass is 19.4. The van der Waals surface area contributed by atoms with Crippen molar-refractivity contribution in [1.82, 2.24) is 34.5 Å². The molecule has 2 aliphatic heterocycles. The van der Waals surface area contributed by atoms with Crippen LogP contribution >= 0.6 is 0 Å². The summed E-state index contributed by atoms with van der Waals surface area (Å²) in [5.41, 5.74) is 3.27. The van der Waals surface area contributed by atoms with Gasteiger partial charge in [-0.2, -0.15) is 28.5 Å². The number of alkyl halides is 3. The molecule has 2 atom stereocenters. The number of piperazine rings is 1. The fourth-order valence-electron chi connectivity index (χ4n) is 7.19. The number of benzene rings is 2. The van der Waals surface area contributed by atoms with Gasteiger partial charge in [-0.1, -0.05) is 26.0 Å². The van der Waals surface area contributed by atoms with E-state index in [9.17, 15) is 23.1 Å². The highest BCUT2D eigenvalue weighted by Gasteiger charge is 2.36. The van der Waals surface area contributed by atoms with Crippen LogP contribution in [0, 0.1) is 5.82 Å². The number of hydrogen-bond donors (Lipinski definition) is 2. The third-order valence-electron chi connectivity index (χ3n) is 10.2. The summed E-state index contributed by atoms with van der Waals surface area (Å²) in [6, 6.07) is 11.7. The Morgan fingerprint density at radius 2 is 1.75 bits per heavy atom. The van der Waals surface area contributed by atoms with Gasteiger partial charge in [-0.3, -0.25) is 4.90 Å². The van der Waals surface area contributed by atoms with Crippen LogP contribution in [-0.4, -0.2) is 84.9 Å². The first-order chi connectivity index (χ1) is 25.4. The fourth-order valence-corrected chi connectivity index (χ4v) is 7.19. The normalized spacial score (nSPS) is 18.3. The lowest BCUT2D eigenvalue weighted by Gasteiger charge is -2.38. The summed E-state index contributed by atoms with van der Waals surface area (Å²) in [5.74, 6) is -0.518. The first-order valence-corrected chi connectivity index (χ1v) is 17.6. The standard InChI is InChI=1S/C38H40F4N8O3/c1-4-47-9-11-48(12-10-47)20-25-5-6-28(15-33(25)38(40,41)42)45-37(52)49-19-23(2)31-8-7-30(16-32(31)24(49)3)53-36-34(39)18-44-50-21-27(14-35(36)50)26-13-29(22-51)46-43-17-26/h5-8,13-18,21,23-24,51H,4,9-12,19-20,22H2,1-3H3,(H,45,52). The molecule has 3 aromatic heterocycles. The molecule has 7 rings (SSSR count). The molecule has 1 fully saturated rings. The van der Waals surface area contributed by atoms with Gasteiger partial charge in [0.05, 0.1) is 36.3 Å². The minimum atomic E-state index is -4.59. The Kier molecular flexibility index (Phi) is 10.1. The van der Waals surface area contributed by atoms with Crippen molar-refractivity contribution in [1.29, 1.82) is 0 Å². The molecule has 0 radical (unpaired) electrons. The van der Waals surface area contributed by atoms with Crippen molar-refractivity contribution in [2.45, 2.75) is 52.1 Å². The maximum Gasteiger partial charge on any atom is 0.416 e. The molecule has 1 saturated heterocycles. The molecule has 5 aromatic rings. The SMILES string of the molecule is CCN1CCN(Cc2ccc(NC(=O)N3CC(C)c4ccc(Oc5c(F)cnn6cc(-c7cnnc(CO)c7)cc56)cc4C3C)cc2C(F)(F)F)CC1. The number of anilines is 1. The van der Waals surface area contributed by atoms with Crippen molar-refractivity contribution in [2.24, 2.45) is 0 Å². The molecule has 0 saturated carbocycles. The second-order valence-corrected chi connectivity index (χ2v) is 13.6. The van der Waals surface area contributed by atoms with Crippen molar-refractivity contribution in [3.63, 3.8) is 0 Å². The summed E-state index contributed by atoms with van der Waals surface area (Å²) in [7, 11) is 0. The van der Waals surface area contributed by atoms with E-state index in [1.165, 1.54) is 22.8 Å². The Morgan fingerprint density at radius 1 is 0.981 bits per heavy atom. The number of urea groups is 1. The smallest absolute Gasteiger partial charge is 0.416 e. The van der Waals surface area contributed by atoms with E-state index in [0.717, 1.165) is 43.0 Å². The third kappa shape index (κ3) is 7.54. The molecule has 53 heavy (non-hydrogen) atoms. The first-order valence-electron chi connectivity index (χ1n) is 17.6. The number of amides is 2. The number of rotatable bonds is 8. The molecular weight excluding hydrogens is 692 g/mol. The van der Waals surface area contributed by atoms with E-state index in [1.54, 1.807) is 35.4 Å². The Labute approximate surface area is 303 Å². The third-order valence-corrected chi connectivity index (χ3v) is 10.2. The van der Waals surface area contributed by atoms with Gasteiger partial charge in [-0.25, -0.2) is 13.7 Å². The summed E-state index contributed by atoms with van der Waals surface area (Å²) in [6.07, 6.45) is -0.326. The minimum Gasteiger partial charge on any atom is -0.452 e. The highest BCUT2D eigenvalue weighted by molar-refractivity contribution is 5.90. The minimum absolute atomic E-state index is 0.0588. The lowest BCUT2D eigenvalue weighted by molar-refractivity contribution is -0.138. The molecule has 2 aliphatic rings. The van der Waals surface area contributed by atoms with Gasteiger partial charge in [-0.05, 0) is 72.5 Å². The number of carbonyl (C=O) groups excluding carboxylic acids is 1. The average Bonchev–Trinajstić information content (AvgIpc) is 3.59. The molecular formula is C38H40F4N8O3. The number of nitrogens with zero attached hydrogens (tertiary/aromatic N) is 7. The van der Waals surface area contributed by atoms with Gasteiger partial charge in [0.15, 0.2) is 11.6 Å². The van der Waals surface area contributed by atoms with Gasteiger partial charge in [0.25, 0.3) is 0 Å². The van der Waals surface area contributed by atoms with Crippen LogP contribution in [0.15, 0.2) is 67.1 Å². The van der Waals surface area contributed by atoms with Gasteiger partial charge in [0.2, 0.25) is 0 Å². The first kappa shape index (κ1) is 36.2. The van der Waals surface area contributed by atoms with E-state index in [1.807, 2.05) is 24.8 Å². The highest BCUT2D eigenvalue weighted by Crippen LogP contribution is 2.41. The Bertz CT molecular complexity index is 2130. The quantitative estimate of drug-likeness (QED) is 0.163. The predicted octanol–water partition coefficient (Wildman–Crippen LogP) is 7.08. The number of carbonyl (C=O) groups is 1. The molecule has 11 nitrogen and oxygen atoms in total. The van der Waals surface area contributed by atoms with Crippen LogP contribution in [0.3, 0.4) is 0 Å². The molecule has 5 heterocycles. The molecule has 2 N–H and O–H groups in total. The monoisotopic (exact) mass is 732 g/mol. The fraction of sp³-hybridized carbons (Fsp3) is 0.368. The average molecular weight is 733 g/mol. The summed E-state index contributed by atoms with van der Waals surface area (Å²) in [6.45, 7) is 10.0. The van der Waals surface area contributed by atoms with Gasteiger partial charge < -0.3 is 25.0 Å². The lowest BCUT2D eigenvalue weighted by atomic mass is 9.87. The van der Waals surface area contributed by atoms with Crippen LogP contribution in [-0.2, 0) is 19.3 Å². The van der Waals surface area contributed by atoms with E-state index in [2.05, 4.69) is 32.4 Å². The molecule has 2 unspecified atom stereocenters. The molecule has 2 aromatic carbocycles. The zero-order valence-electron chi connectivity index (χ0n) is 29.6. The van der Waals surface area contributed by atoms with Crippen LogP contribution in [0.5, 0.6) is 11.5 Å². The number of fused-ring (bicyclic) bond motifs is 2. The second-order valence-electron chi connectivity index (χ2n) is 13.6. The largest absolute Gasteiger partial charge is 0.452 e. The topological polar surface area (TPSA) is 111 Å². The molecule has 0 spiro atoms. The second kappa shape index (κ2) is 14.7. The molecule has 0 bridgehead atoms. The van der Waals surface area contributed by atoms with Gasteiger partial charge in [-0.15, -0.1) is 0 Å². The van der Waals surface area contributed by atoms with Gasteiger partial charge in [0.1, 0.15) is 11.3 Å². The van der Waals surface area contributed by atoms with E-state index in [0.29, 0.717) is 47.7 Å². The van der Waals surface area contributed by atoms with Gasteiger partial charge >= 0.3 is 12.2 Å². The van der Waals surface area contributed by atoms with Crippen molar-refractivity contribution in [3.8, 4) is 22.6 Å². The Hall–Kier alpha value is -5.12. The van der Waals surface area contributed by atoms with Crippen LogP contribution in [0.2, 0.25) is 0 Å². The number of halogens is 4. The maximum atomic E-state index is 15.3.